The zero-order valence-corrected chi connectivity index (χ0v) is 20.5. The van der Waals surface area contributed by atoms with Gasteiger partial charge < -0.3 is 24.1 Å². The minimum absolute atomic E-state index is 0.0748. The fourth-order valence-electron chi connectivity index (χ4n) is 4.63. The molecule has 0 bridgehead atoms. The van der Waals surface area contributed by atoms with E-state index >= 15 is 0 Å². The summed E-state index contributed by atoms with van der Waals surface area (Å²) in [7, 11) is 1.47. The topological polar surface area (TPSA) is 108 Å². The van der Waals surface area contributed by atoms with Gasteiger partial charge in [0.2, 0.25) is 0 Å². The van der Waals surface area contributed by atoms with Crippen LogP contribution in [0.25, 0.3) is 0 Å². The number of Topliss-reactive ketones (excluding diaryl/α,β-unsaturated/α-hetero) is 1. The van der Waals surface area contributed by atoms with Gasteiger partial charge in [-0.15, -0.1) is 0 Å². The van der Waals surface area contributed by atoms with Crippen molar-refractivity contribution in [2.24, 2.45) is 11.8 Å². The predicted molar refractivity (Wildman–Crippen MR) is 127 cm³/mol. The Morgan fingerprint density at radius 1 is 1.00 bits per heavy atom. The number of carbonyl (C=O) groups excluding carboxylic acids is 3. The van der Waals surface area contributed by atoms with Crippen molar-refractivity contribution < 1.29 is 38.4 Å². The van der Waals surface area contributed by atoms with E-state index in [9.17, 15) is 19.5 Å². The first-order valence-electron chi connectivity index (χ1n) is 11.7. The van der Waals surface area contributed by atoms with E-state index in [1.807, 2.05) is 30.3 Å². The molecular weight excluding hydrogens is 452 g/mol. The van der Waals surface area contributed by atoms with Crippen LogP contribution >= 0.6 is 0 Å². The maximum Gasteiger partial charge on any atom is 0.317 e. The lowest BCUT2D eigenvalue weighted by atomic mass is 9.61. The molecule has 188 valence electrons. The van der Waals surface area contributed by atoms with Crippen molar-refractivity contribution in [2.45, 2.75) is 45.3 Å². The molecule has 0 saturated heterocycles. The molecule has 1 N–H and O–H groups in total. The van der Waals surface area contributed by atoms with Crippen LogP contribution in [0.15, 0.2) is 48.5 Å². The van der Waals surface area contributed by atoms with Crippen LogP contribution in [-0.2, 0) is 30.5 Å². The van der Waals surface area contributed by atoms with Crippen LogP contribution in [-0.4, -0.2) is 48.8 Å². The van der Waals surface area contributed by atoms with Crippen LogP contribution in [0, 0.1) is 11.8 Å². The molecule has 0 heterocycles. The van der Waals surface area contributed by atoms with E-state index in [0.717, 1.165) is 5.56 Å². The Hall–Kier alpha value is -3.39. The van der Waals surface area contributed by atoms with Crippen molar-refractivity contribution in [2.75, 3.05) is 20.3 Å². The van der Waals surface area contributed by atoms with Crippen LogP contribution in [0.3, 0.4) is 0 Å². The molecule has 1 fully saturated rings. The van der Waals surface area contributed by atoms with Crippen molar-refractivity contribution in [3.05, 3.63) is 59.7 Å². The molecule has 2 aromatic rings. The van der Waals surface area contributed by atoms with Gasteiger partial charge in [0.05, 0.1) is 31.8 Å². The molecule has 2 aromatic carbocycles. The number of methoxy groups -OCH3 is 1. The maximum atomic E-state index is 13.0. The van der Waals surface area contributed by atoms with Crippen molar-refractivity contribution in [3.8, 4) is 11.5 Å². The van der Waals surface area contributed by atoms with E-state index in [1.165, 1.54) is 14.0 Å². The highest BCUT2D eigenvalue weighted by molar-refractivity contribution is 6.02. The Morgan fingerprint density at radius 3 is 2.29 bits per heavy atom. The summed E-state index contributed by atoms with van der Waals surface area (Å²) in [5.41, 5.74) is -0.289. The predicted octanol–water partition coefficient (Wildman–Crippen LogP) is 3.44. The highest BCUT2D eigenvalue weighted by atomic mass is 16.5. The van der Waals surface area contributed by atoms with E-state index in [-0.39, 0.29) is 19.6 Å². The van der Waals surface area contributed by atoms with Crippen LogP contribution in [0.4, 0.5) is 0 Å². The molecule has 0 aromatic heterocycles. The molecule has 0 radical (unpaired) electrons. The lowest BCUT2D eigenvalue weighted by molar-refractivity contribution is -0.172. The second-order valence-electron chi connectivity index (χ2n) is 8.67. The summed E-state index contributed by atoms with van der Waals surface area (Å²) >= 11 is 0. The Bertz CT molecular complexity index is 1050. The van der Waals surface area contributed by atoms with Crippen molar-refractivity contribution in [3.63, 3.8) is 0 Å². The normalized spacial score (nSPS) is 23.9. The van der Waals surface area contributed by atoms with Gasteiger partial charge in [-0.2, -0.15) is 0 Å². The van der Waals surface area contributed by atoms with Crippen molar-refractivity contribution in [1.29, 1.82) is 0 Å². The monoisotopic (exact) mass is 484 g/mol. The van der Waals surface area contributed by atoms with Crippen LogP contribution in [0.2, 0.25) is 0 Å². The Kier molecular flexibility index (Phi) is 8.51. The lowest BCUT2D eigenvalue weighted by Crippen LogP contribution is -2.55. The number of ether oxygens (including phenoxy) is 4. The summed E-state index contributed by atoms with van der Waals surface area (Å²) < 4.78 is 21.9. The third-order valence-electron chi connectivity index (χ3n) is 6.16. The van der Waals surface area contributed by atoms with E-state index < -0.39 is 41.1 Å². The summed E-state index contributed by atoms with van der Waals surface area (Å²) in [4.78, 5) is 38.9. The first-order chi connectivity index (χ1) is 16.7. The SMILES string of the molecule is CCOC(=O)[C@@H]1C(=O)C[C@](C)(O)[C@H](C(=O)OCC)[C@H]1c1ccc(OCc2ccccc2)c(OC)c1. The molecule has 1 saturated carbocycles. The Morgan fingerprint density at radius 2 is 1.66 bits per heavy atom. The zero-order valence-electron chi connectivity index (χ0n) is 20.5. The fourth-order valence-corrected chi connectivity index (χ4v) is 4.63. The lowest BCUT2D eigenvalue weighted by Gasteiger charge is -2.43. The summed E-state index contributed by atoms with van der Waals surface area (Å²) in [5.74, 6) is -4.57. The summed E-state index contributed by atoms with van der Waals surface area (Å²) in [6.07, 6.45) is -0.369. The third-order valence-corrected chi connectivity index (χ3v) is 6.16. The van der Waals surface area contributed by atoms with Gasteiger partial charge in [-0.25, -0.2) is 0 Å². The fraction of sp³-hybridized carbons (Fsp3) is 0.444. The standard InChI is InChI=1S/C27H32O8/c1-5-33-25(29)23-19(28)15-27(3,31)24(26(30)34-6-2)22(23)18-12-13-20(21(14-18)32-4)35-16-17-10-8-7-9-11-17/h7-14,22-24,31H,5-6,15-16H2,1-4H3/t22-,23+,24-,27-/m0/s1. The van der Waals surface area contributed by atoms with Crippen LogP contribution < -0.4 is 9.47 Å². The first-order valence-corrected chi connectivity index (χ1v) is 11.7. The molecule has 8 nitrogen and oxygen atoms in total. The zero-order chi connectivity index (χ0) is 25.6. The smallest absolute Gasteiger partial charge is 0.317 e. The second-order valence-corrected chi connectivity index (χ2v) is 8.67. The van der Waals surface area contributed by atoms with Crippen molar-refractivity contribution >= 4 is 17.7 Å². The van der Waals surface area contributed by atoms with Gasteiger partial charge in [-0.3, -0.25) is 14.4 Å². The molecular formula is C27H32O8. The number of esters is 2. The Balaban J connectivity index is 2.04. The van der Waals surface area contributed by atoms with Crippen molar-refractivity contribution in [1.82, 2.24) is 0 Å². The summed E-state index contributed by atoms with van der Waals surface area (Å²) in [6, 6.07) is 14.6. The molecule has 0 unspecified atom stereocenters. The van der Waals surface area contributed by atoms with Gasteiger partial charge in [-0.1, -0.05) is 36.4 Å². The molecule has 4 atom stereocenters. The van der Waals surface area contributed by atoms with Gasteiger partial charge in [0, 0.05) is 12.3 Å². The molecule has 0 aliphatic heterocycles. The molecule has 35 heavy (non-hydrogen) atoms. The number of benzene rings is 2. The van der Waals surface area contributed by atoms with Gasteiger partial charge in [0.25, 0.3) is 0 Å². The molecule has 1 aliphatic rings. The molecule has 0 spiro atoms. The quantitative estimate of drug-likeness (QED) is 0.426. The van der Waals surface area contributed by atoms with E-state index in [0.29, 0.717) is 23.7 Å². The number of rotatable bonds is 9. The summed E-state index contributed by atoms with van der Waals surface area (Å²) in [5, 5.41) is 11.1. The minimum Gasteiger partial charge on any atom is -0.493 e. The summed E-state index contributed by atoms with van der Waals surface area (Å²) in [6.45, 7) is 5.18. The maximum absolute atomic E-state index is 13.0. The average molecular weight is 485 g/mol. The van der Waals surface area contributed by atoms with Gasteiger partial charge >= 0.3 is 11.9 Å². The molecule has 0 amide bonds. The van der Waals surface area contributed by atoms with Crippen LogP contribution in [0.1, 0.15) is 44.2 Å². The molecule has 8 heteroatoms. The van der Waals surface area contributed by atoms with E-state index in [2.05, 4.69) is 0 Å². The average Bonchev–Trinajstić information content (AvgIpc) is 2.82. The van der Waals surface area contributed by atoms with E-state index in [1.54, 1.807) is 32.0 Å². The van der Waals surface area contributed by atoms with Crippen LogP contribution in [0.5, 0.6) is 11.5 Å². The van der Waals surface area contributed by atoms with E-state index in [4.69, 9.17) is 18.9 Å². The molecule has 3 rings (SSSR count). The highest BCUT2D eigenvalue weighted by Gasteiger charge is 2.57. The second kappa shape index (κ2) is 11.4. The van der Waals surface area contributed by atoms with Gasteiger partial charge in [0.15, 0.2) is 17.3 Å². The van der Waals surface area contributed by atoms with Gasteiger partial charge in [0.1, 0.15) is 12.5 Å². The van der Waals surface area contributed by atoms with Gasteiger partial charge in [-0.05, 0) is 44.0 Å². The third kappa shape index (κ3) is 5.82. The number of carbonyl (C=O) groups is 3. The largest absolute Gasteiger partial charge is 0.493 e. The Labute approximate surface area is 205 Å². The highest BCUT2D eigenvalue weighted by Crippen LogP contribution is 2.48. The number of hydrogen-bond acceptors (Lipinski definition) is 8. The molecule has 1 aliphatic carbocycles. The number of hydrogen-bond donors (Lipinski definition) is 1. The number of ketones is 1. The number of aliphatic hydroxyl groups is 1. The minimum atomic E-state index is -1.72. The first kappa shape index (κ1) is 26.2.